The van der Waals surface area contributed by atoms with Gasteiger partial charge in [0.1, 0.15) is 17.9 Å². The topological polar surface area (TPSA) is 64.6 Å². The van der Waals surface area contributed by atoms with Crippen molar-refractivity contribution in [2.24, 2.45) is 0 Å². The Morgan fingerprint density at radius 2 is 1.85 bits per heavy atom. The lowest BCUT2D eigenvalue weighted by molar-refractivity contribution is -0.141. The third-order valence-electron chi connectivity index (χ3n) is 6.01. The first kappa shape index (κ1) is 22.3. The Kier molecular flexibility index (Phi) is 5.95. The summed E-state index contributed by atoms with van der Waals surface area (Å²) in [5.74, 6) is 0.174. The van der Waals surface area contributed by atoms with Gasteiger partial charge in [0.25, 0.3) is 5.91 Å². The highest BCUT2D eigenvalue weighted by molar-refractivity contribution is 6.00. The molecular weight excluding hydrogens is 447 g/mol. The van der Waals surface area contributed by atoms with E-state index < -0.39 is 11.9 Å². The number of carbonyl (C=O) groups excluding carboxylic acids is 1. The number of nitrogens with zero attached hydrogens (tertiary/aromatic N) is 3. The van der Waals surface area contributed by atoms with Gasteiger partial charge >= 0.3 is 6.18 Å². The first-order valence-corrected chi connectivity index (χ1v) is 11.0. The molecule has 1 aromatic carbocycles. The molecule has 34 heavy (non-hydrogen) atoms. The van der Waals surface area contributed by atoms with Crippen molar-refractivity contribution < 1.29 is 27.4 Å². The van der Waals surface area contributed by atoms with Gasteiger partial charge in [0.2, 0.25) is 5.88 Å². The average Bonchev–Trinajstić information content (AvgIpc) is 3.46. The quantitative estimate of drug-likeness (QED) is 0.515. The van der Waals surface area contributed by atoms with Gasteiger partial charge in [-0.3, -0.25) is 9.78 Å². The van der Waals surface area contributed by atoms with Crippen molar-refractivity contribution in [1.82, 2.24) is 14.9 Å². The molecule has 1 saturated heterocycles. The molecule has 0 radical (unpaired) electrons. The highest BCUT2D eigenvalue weighted by Crippen LogP contribution is 2.32. The van der Waals surface area contributed by atoms with Gasteiger partial charge in [-0.25, -0.2) is 4.98 Å². The zero-order valence-corrected chi connectivity index (χ0v) is 18.2. The van der Waals surface area contributed by atoms with E-state index in [1.165, 1.54) is 6.07 Å². The molecule has 6 nitrogen and oxygen atoms in total. The number of pyridine rings is 2. The fourth-order valence-electron chi connectivity index (χ4n) is 4.25. The average molecular weight is 469 g/mol. The van der Waals surface area contributed by atoms with E-state index in [2.05, 4.69) is 9.97 Å². The largest absolute Gasteiger partial charge is 0.474 e. The lowest BCUT2D eigenvalue weighted by Gasteiger charge is -2.16. The number of aromatic nitrogens is 2. The molecule has 1 unspecified atom stereocenters. The van der Waals surface area contributed by atoms with Gasteiger partial charge in [0, 0.05) is 32.1 Å². The SMILES string of the molecule is O=C1c2c(ccnc2OCC2CCCO2)CN1Cc1ccc(-c2ccnc(C(F)(F)F)c2)cc1. The molecule has 2 aliphatic heterocycles. The number of amides is 1. The van der Waals surface area contributed by atoms with Crippen LogP contribution in [0.25, 0.3) is 11.1 Å². The summed E-state index contributed by atoms with van der Waals surface area (Å²) in [6.07, 6.45) is 0.254. The summed E-state index contributed by atoms with van der Waals surface area (Å²) in [6.45, 7) is 1.89. The number of carbonyl (C=O) groups is 1. The van der Waals surface area contributed by atoms with Crippen LogP contribution in [-0.4, -0.2) is 40.1 Å². The summed E-state index contributed by atoms with van der Waals surface area (Å²) >= 11 is 0. The smallest absolute Gasteiger partial charge is 0.433 e. The van der Waals surface area contributed by atoms with Crippen LogP contribution < -0.4 is 4.74 Å². The number of hydrogen-bond donors (Lipinski definition) is 0. The zero-order valence-electron chi connectivity index (χ0n) is 18.2. The fourth-order valence-corrected chi connectivity index (χ4v) is 4.25. The van der Waals surface area contributed by atoms with Crippen LogP contribution >= 0.6 is 0 Å². The van der Waals surface area contributed by atoms with Gasteiger partial charge in [0.05, 0.1) is 6.10 Å². The molecule has 9 heteroatoms. The van der Waals surface area contributed by atoms with E-state index in [-0.39, 0.29) is 12.0 Å². The second-order valence-electron chi connectivity index (χ2n) is 8.38. The summed E-state index contributed by atoms with van der Waals surface area (Å²) < 4.78 is 50.3. The van der Waals surface area contributed by atoms with Crippen molar-refractivity contribution in [3.63, 3.8) is 0 Å². The van der Waals surface area contributed by atoms with Gasteiger partial charge in [-0.15, -0.1) is 0 Å². The number of rotatable bonds is 6. The lowest BCUT2D eigenvalue weighted by Crippen LogP contribution is -2.24. The standard InChI is InChI=1S/C25H22F3N3O3/c26-25(27,28)21-12-18(7-9-29-21)17-5-3-16(4-6-17)13-31-14-19-8-10-30-23(22(19)24(31)32)34-15-20-2-1-11-33-20/h3-10,12,20H,1-2,11,13-15H2. The lowest BCUT2D eigenvalue weighted by atomic mass is 10.0. The molecule has 176 valence electrons. The number of halogens is 3. The number of hydrogen-bond acceptors (Lipinski definition) is 5. The molecule has 0 N–H and O–H groups in total. The van der Waals surface area contributed by atoms with Crippen molar-refractivity contribution in [3.8, 4) is 17.0 Å². The molecule has 1 atom stereocenters. The Morgan fingerprint density at radius 1 is 1.06 bits per heavy atom. The third kappa shape index (κ3) is 4.61. The maximum absolute atomic E-state index is 13.1. The highest BCUT2D eigenvalue weighted by atomic mass is 19.4. The summed E-state index contributed by atoms with van der Waals surface area (Å²) in [4.78, 5) is 22.5. The van der Waals surface area contributed by atoms with Crippen molar-refractivity contribution >= 4 is 5.91 Å². The number of fused-ring (bicyclic) bond motifs is 1. The van der Waals surface area contributed by atoms with E-state index in [0.29, 0.717) is 42.3 Å². The molecule has 0 aliphatic carbocycles. The maximum atomic E-state index is 13.1. The minimum absolute atomic E-state index is 0.0244. The van der Waals surface area contributed by atoms with Crippen LogP contribution in [-0.2, 0) is 24.0 Å². The summed E-state index contributed by atoms with van der Waals surface area (Å²) in [5.41, 5.74) is 2.34. The Labute approximate surface area is 194 Å². The molecular formula is C25H22F3N3O3. The van der Waals surface area contributed by atoms with Gasteiger partial charge in [0.15, 0.2) is 0 Å². The van der Waals surface area contributed by atoms with Crippen LogP contribution in [0, 0.1) is 0 Å². The third-order valence-corrected chi connectivity index (χ3v) is 6.01. The number of benzene rings is 1. The monoisotopic (exact) mass is 469 g/mol. The van der Waals surface area contributed by atoms with E-state index >= 15 is 0 Å². The summed E-state index contributed by atoms with van der Waals surface area (Å²) in [5, 5.41) is 0. The van der Waals surface area contributed by atoms with Crippen molar-refractivity contribution in [2.75, 3.05) is 13.2 Å². The van der Waals surface area contributed by atoms with Crippen molar-refractivity contribution in [3.05, 3.63) is 77.2 Å². The summed E-state index contributed by atoms with van der Waals surface area (Å²) in [6, 6.07) is 11.5. The molecule has 3 aromatic rings. The van der Waals surface area contributed by atoms with E-state index in [4.69, 9.17) is 9.47 Å². The first-order chi connectivity index (χ1) is 16.4. The molecule has 0 bridgehead atoms. The minimum atomic E-state index is -4.50. The second-order valence-corrected chi connectivity index (χ2v) is 8.38. The van der Waals surface area contributed by atoms with Crippen LogP contribution in [0.15, 0.2) is 54.9 Å². The molecule has 1 amide bonds. The predicted molar refractivity (Wildman–Crippen MR) is 117 cm³/mol. The van der Waals surface area contributed by atoms with Crippen LogP contribution in [0.4, 0.5) is 13.2 Å². The van der Waals surface area contributed by atoms with Crippen LogP contribution in [0.3, 0.4) is 0 Å². The van der Waals surface area contributed by atoms with Crippen LogP contribution in [0.1, 0.15) is 40.0 Å². The summed E-state index contributed by atoms with van der Waals surface area (Å²) in [7, 11) is 0. The van der Waals surface area contributed by atoms with Gasteiger partial charge in [-0.05, 0) is 53.3 Å². The Morgan fingerprint density at radius 3 is 2.59 bits per heavy atom. The van der Waals surface area contributed by atoms with E-state index in [9.17, 15) is 18.0 Å². The van der Waals surface area contributed by atoms with Crippen LogP contribution in [0.2, 0.25) is 0 Å². The van der Waals surface area contributed by atoms with Crippen LogP contribution in [0.5, 0.6) is 5.88 Å². The van der Waals surface area contributed by atoms with E-state index in [1.807, 2.05) is 18.2 Å². The van der Waals surface area contributed by atoms with E-state index in [1.54, 1.807) is 23.2 Å². The van der Waals surface area contributed by atoms with E-state index in [0.717, 1.165) is 42.8 Å². The molecule has 5 rings (SSSR count). The van der Waals surface area contributed by atoms with Gasteiger partial charge in [-0.2, -0.15) is 13.2 Å². The van der Waals surface area contributed by atoms with Crippen molar-refractivity contribution in [1.29, 1.82) is 0 Å². The molecule has 1 fully saturated rings. The van der Waals surface area contributed by atoms with Gasteiger partial charge in [-0.1, -0.05) is 24.3 Å². The number of ether oxygens (including phenoxy) is 2. The predicted octanol–water partition coefficient (Wildman–Crippen LogP) is 4.88. The molecule has 0 spiro atoms. The Bertz CT molecular complexity index is 1190. The minimum Gasteiger partial charge on any atom is -0.474 e. The first-order valence-electron chi connectivity index (χ1n) is 11.0. The molecule has 2 aromatic heterocycles. The van der Waals surface area contributed by atoms with Gasteiger partial charge < -0.3 is 14.4 Å². The Hall–Kier alpha value is -3.46. The Balaban J connectivity index is 1.27. The highest BCUT2D eigenvalue weighted by Gasteiger charge is 2.33. The molecule has 0 saturated carbocycles. The van der Waals surface area contributed by atoms with Crippen molar-refractivity contribution in [2.45, 2.75) is 38.2 Å². The molecule has 4 heterocycles. The number of alkyl halides is 3. The zero-order chi connectivity index (χ0) is 23.7. The second kappa shape index (κ2) is 9.06. The molecule has 2 aliphatic rings. The fraction of sp³-hybridized carbons (Fsp3) is 0.320. The normalized spacial score (nSPS) is 17.8. The maximum Gasteiger partial charge on any atom is 0.433 e.